The normalized spacial score (nSPS) is 10.2. The van der Waals surface area contributed by atoms with Crippen molar-refractivity contribution in [1.29, 1.82) is 0 Å². The van der Waals surface area contributed by atoms with Gasteiger partial charge in [0.1, 0.15) is 5.69 Å². The Morgan fingerprint density at radius 3 is 2.68 bits per heavy atom. The molecule has 0 radical (unpaired) electrons. The molecule has 6 nitrogen and oxygen atoms in total. The van der Waals surface area contributed by atoms with Gasteiger partial charge in [0, 0.05) is 0 Å². The lowest BCUT2D eigenvalue weighted by Gasteiger charge is -2.04. The van der Waals surface area contributed by atoms with E-state index in [4.69, 9.17) is 4.74 Å². The summed E-state index contributed by atoms with van der Waals surface area (Å²) in [6, 6.07) is 7.03. The van der Waals surface area contributed by atoms with E-state index < -0.39 is 0 Å². The van der Waals surface area contributed by atoms with Crippen molar-refractivity contribution in [1.82, 2.24) is 15.0 Å². The first-order chi connectivity index (χ1) is 9.22. The van der Waals surface area contributed by atoms with Crippen LogP contribution in [0.3, 0.4) is 0 Å². The molecule has 0 atom stereocenters. The third-order valence-corrected chi connectivity index (χ3v) is 2.49. The van der Waals surface area contributed by atoms with Gasteiger partial charge in [-0.2, -0.15) is 0 Å². The van der Waals surface area contributed by atoms with Gasteiger partial charge in [0.2, 0.25) is 0 Å². The van der Waals surface area contributed by atoms with Crippen LogP contribution in [0.1, 0.15) is 33.3 Å². The van der Waals surface area contributed by atoms with Crippen molar-refractivity contribution in [2.45, 2.75) is 13.5 Å². The fourth-order valence-corrected chi connectivity index (χ4v) is 1.59. The summed E-state index contributed by atoms with van der Waals surface area (Å²) < 4.78 is 6.46. The lowest BCUT2D eigenvalue weighted by molar-refractivity contribution is 0.0526. The highest BCUT2D eigenvalue weighted by molar-refractivity contribution is 5.89. The predicted molar refractivity (Wildman–Crippen MR) is 66.9 cm³/mol. The van der Waals surface area contributed by atoms with Crippen LogP contribution < -0.4 is 0 Å². The molecule has 0 N–H and O–H groups in total. The van der Waals surface area contributed by atoms with Crippen LogP contribution in [0.5, 0.6) is 0 Å². The summed E-state index contributed by atoms with van der Waals surface area (Å²) in [6.45, 7) is 2.61. The molecule has 2 aromatic rings. The monoisotopic (exact) mass is 259 g/mol. The molecule has 1 aromatic heterocycles. The van der Waals surface area contributed by atoms with Crippen molar-refractivity contribution in [3.8, 4) is 0 Å². The number of rotatable bonds is 5. The van der Waals surface area contributed by atoms with Gasteiger partial charge in [-0.15, -0.1) is 5.10 Å². The third kappa shape index (κ3) is 3.25. The quantitative estimate of drug-likeness (QED) is 0.598. The molecule has 1 aromatic carbocycles. The zero-order valence-electron chi connectivity index (χ0n) is 10.4. The maximum atomic E-state index is 11.5. The summed E-state index contributed by atoms with van der Waals surface area (Å²) in [5.74, 6) is -0.335. The van der Waals surface area contributed by atoms with Crippen molar-refractivity contribution >= 4 is 12.3 Å². The van der Waals surface area contributed by atoms with Crippen molar-refractivity contribution in [2.24, 2.45) is 0 Å². The van der Waals surface area contributed by atoms with Crippen molar-refractivity contribution in [2.75, 3.05) is 6.61 Å². The number of nitrogens with zero attached hydrogens (tertiary/aromatic N) is 3. The fourth-order valence-electron chi connectivity index (χ4n) is 1.59. The highest BCUT2D eigenvalue weighted by Gasteiger charge is 2.06. The number of carbonyl (C=O) groups excluding carboxylic acids is 2. The molecule has 2 rings (SSSR count). The van der Waals surface area contributed by atoms with Gasteiger partial charge in [-0.3, -0.25) is 4.79 Å². The van der Waals surface area contributed by atoms with Gasteiger partial charge in [-0.1, -0.05) is 17.3 Å². The first-order valence-electron chi connectivity index (χ1n) is 5.84. The third-order valence-electron chi connectivity index (χ3n) is 2.49. The zero-order chi connectivity index (χ0) is 13.7. The van der Waals surface area contributed by atoms with Gasteiger partial charge in [-0.05, 0) is 24.6 Å². The molecule has 0 aliphatic heterocycles. The number of ether oxygens (including phenoxy) is 1. The van der Waals surface area contributed by atoms with Crippen LogP contribution in [0, 0.1) is 0 Å². The van der Waals surface area contributed by atoms with Gasteiger partial charge >= 0.3 is 5.97 Å². The van der Waals surface area contributed by atoms with Crippen LogP contribution >= 0.6 is 0 Å². The standard InChI is InChI=1S/C13H13N3O3/c1-2-19-13(18)11-5-3-10(4-6-11)7-16-8-12(9-17)14-15-16/h3-6,8-9H,2,7H2,1H3. The van der Waals surface area contributed by atoms with Gasteiger partial charge < -0.3 is 4.74 Å². The van der Waals surface area contributed by atoms with Gasteiger partial charge in [0.25, 0.3) is 0 Å². The van der Waals surface area contributed by atoms with E-state index in [-0.39, 0.29) is 5.97 Å². The van der Waals surface area contributed by atoms with Crippen LogP contribution in [0.15, 0.2) is 30.5 Å². The zero-order valence-corrected chi connectivity index (χ0v) is 10.4. The average molecular weight is 259 g/mol. The van der Waals surface area contributed by atoms with E-state index in [0.29, 0.717) is 30.7 Å². The predicted octanol–water partition coefficient (Wildman–Crippen LogP) is 1.32. The molecule has 98 valence electrons. The molecule has 0 aliphatic rings. The van der Waals surface area contributed by atoms with Crippen LogP contribution in [0.4, 0.5) is 0 Å². The second-order valence-electron chi connectivity index (χ2n) is 3.88. The number of aldehydes is 1. The Morgan fingerprint density at radius 2 is 2.11 bits per heavy atom. The van der Waals surface area contributed by atoms with Crippen LogP contribution in [-0.4, -0.2) is 33.9 Å². The van der Waals surface area contributed by atoms with E-state index in [2.05, 4.69) is 10.3 Å². The molecule has 0 amide bonds. The van der Waals surface area contributed by atoms with Gasteiger partial charge in [-0.25, -0.2) is 9.48 Å². The largest absolute Gasteiger partial charge is 0.462 e. The molecule has 0 fully saturated rings. The minimum Gasteiger partial charge on any atom is -0.462 e. The van der Waals surface area contributed by atoms with Crippen LogP contribution in [0.25, 0.3) is 0 Å². The Hall–Kier alpha value is -2.50. The summed E-state index contributed by atoms with van der Waals surface area (Å²) in [4.78, 5) is 22.0. The maximum Gasteiger partial charge on any atom is 0.338 e. The molecule has 1 heterocycles. The summed E-state index contributed by atoms with van der Waals surface area (Å²) in [6.07, 6.45) is 2.21. The average Bonchev–Trinajstić information content (AvgIpc) is 2.87. The summed E-state index contributed by atoms with van der Waals surface area (Å²) in [5.41, 5.74) is 1.76. The number of hydrogen-bond acceptors (Lipinski definition) is 5. The summed E-state index contributed by atoms with van der Waals surface area (Å²) >= 11 is 0. The summed E-state index contributed by atoms with van der Waals surface area (Å²) in [5, 5.41) is 7.48. The maximum absolute atomic E-state index is 11.5. The number of carbonyl (C=O) groups is 2. The topological polar surface area (TPSA) is 74.1 Å². The molecule has 6 heteroatoms. The molecule has 0 saturated heterocycles. The fraction of sp³-hybridized carbons (Fsp3) is 0.231. The SMILES string of the molecule is CCOC(=O)c1ccc(Cn2cc(C=O)nn2)cc1. The van der Waals surface area contributed by atoms with E-state index in [1.54, 1.807) is 29.9 Å². The van der Waals surface area contributed by atoms with E-state index in [1.807, 2.05) is 12.1 Å². The second kappa shape index (κ2) is 5.90. The molecule has 0 aliphatic carbocycles. The van der Waals surface area contributed by atoms with E-state index in [1.165, 1.54) is 0 Å². The van der Waals surface area contributed by atoms with Crippen LogP contribution in [0.2, 0.25) is 0 Å². The van der Waals surface area contributed by atoms with Crippen molar-refractivity contribution in [3.63, 3.8) is 0 Å². The molecule has 0 unspecified atom stereocenters. The highest BCUT2D eigenvalue weighted by Crippen LogP contribution is 2.07. The van der Waals surface area contributed by atoms with Gasteiger partial charge in [0.05, 0.1) is 24.9 Å². The minimum atomic E-state index is -0.335. The molecular formula is C13H13N3O3. The second-order valence-corrected chi connectivity index (χ2v) is 3.88. The Bertz CT molecular complexity index is 575. The first kappa shape index (κ1) is 12.9. The van der Waals surface area contributed by atoms with E-state index in [0.717, 1.165) is 5.56 Å². The lowest BCUT2D eigenvalue weighted by Crippen LogP contribution is -2.05. The molecular weight excluding hydrogens is 246 g/mol. The lowest BCUT2D eigenvalue weighted by atomic mass is 10.1. The number of hydrogen-bond donors (Lipinski definition) is 0. The Balaban J connectivity index is 2.06. The number of aromatic nitrogens is 3. The molecule has 0 bridgehead atoms. The van der Waals surface area contributed by atoms with E-state index in [9.17, 15) is 9.59 Å². The van der Waals surface area contributed by atoms with E-state index >= 15 is 0 Å². The highest BCUT2D eigenvalue weighted by atomic mass is 16.5. The molecule has 0 saturated carbocycles. The minimum absolute atomic E-state index is 0.295. The van der Waals surface area contributed by atoms with Gasteiger partial charge in [0.15, 0.2) is 6.29 Å². The molecule has 19 heavy (non-hydrogen) atoms. The van der Waals surface area contributed by atoms with Crippen molar-refractivity contribution in [3.05, 3.63) is 47.3 Å². The van der Waals surface area contributed by atoms with Crippen LogP contribution in [-0.2, 0) is 11.3 Å². The smallest absolute Gasteiger partial charge is 0.338 e. The summed E-state index contributed by atoms with van der Waals surface area (Å²) in [7, 11) is 0. The number of esters is 1. The number of benzene rings is 1. The Morgan fingerprint density at radius 1 is 1.37 bits per heavy atom. The molecule has 0 spiro atoms. The Kier molecular flexibility index (Phi) is 4.02. The van der Waals surface area contributed by atoms with Crippen molar-refractivity contribution < 1.29 is 14.3 Å². The Labute approximate surface area is 110 Å². The first-order valence-corrected chi connectivity index (χ1v) is 5.84.